The van der Waals surface area contributed by atoms with Crippen LogP contribution in [0.15, 0.2) is 65.1 Å². The van der Waals surface area contributed by atoms with Crippen molar-refractivity contribution < 1.29 is 4.79 Å². The highest BCUT2D eigenvalue weighted by Crippen LogP contribution is 2.29. The third-order valence-electron chi connectivity index (χ3n) is 4.99. The van der Waals surface area contributed by atoms with E-state index in [0.717, 1.165) is 37.1 Å². The summed E-state index contributed by atoms with van der Waals surface area (Å²) < 4.78 is 1.10. The number of thiophene rings is 1. The van der Waals surface area contributed by atoms with E-state index in [0.29, 0.717) is 6.42 Å². The minimum atomic E-state index is 0.282. The molecule has 144 valence electrons. The predicted octanol–water partition coefficient (Wildman–Crippen LogP) is 5.59. The summed E-state index contributed by atoms with van der Waals surface area (Å²) >= 11 is 5.32. The number of hydrogen-bond donors (Lipinski definition) is 1. The third-order valence-corrected chi connectivity index (χ3v) is 6.65. The van der Waals surface area contributed by atoms with Crippen molar-refractivity contribution in [1.82, 2.24) is 10.2 Å². The second-order valence-electron chi connectivity index (χ2n) is 7.11. The van der Waals surface area contributed by atoms with Crippen LogP contribution in [0.3, 0.4) is 0 Å². The highest BCUT2D eigenvalue weighted by Gasteiger charge is 2.19. The Morgan fingerprint density at radius 1 is 0.929 bits per heavy atom. The number of carbonyl (C=O) groups excluding carboxylic acids is 1. The molecule has 3 aromatic rings. The molecule has 1 amide bonds. The Kier molecular flexibility index (Phi) is 6.25. The summed E-state index contributed by atoms with van der Waals surface area (Å²) in [7, 11) is 0. The Morgan fingerprint density at radius 3 is 2.39 bits per heavy atom. The standard InChI is InChI=1S/C23H23BrN2OS/c24-20-9-7-19(8-10-20)22-12-11-21(28-22)15-25-14-17-3-5-18(6-4-17)16-26-13-1-2-23(26)27/h3-12,25H,1-2,13-16H2. The van der Waals surface area contributed by atoms with Gasteiger partial charge < -0.3 is 10.2 Å². The molecular weight excluding hydrogens is 432 g/mol. The largest absolute Gasteiger partial charge is 0.338 e. The maximum atomic E-state index is 11.7. The minimum absolute atomic E-state index is 0.282. The molecular formula is C23H23BrN2OS. The summed E-state index contributed by atoms with van der Waals surface area (Å²) in [5.74, 6) is 0.282. The molecule has 3 nitrogen and oxygen atoms in total. The van der Waals surface area contributed by atoms with Crippen molar-refractivity contribution in [3.8, 4) is 10.4 Å². The highest BCUT2D eigenvalue weighted by molar-refractivity contribution is 9.10. The van der Waals surface area contributed by atoms with Gasteiger partial charge in [0.2, 0.25) is 5.91 Å². The van der Waals surface area contributed by atoms with E-state index in [1.807, 2.05) is 16.2 Å². The van der Waals surface area contributed by atoms with Gasteiger partial charge in [0.1, 0.15) is 0 Å². The average Bonchev–Trinajstić information content (AvgIpc) is 3.33. The summed E-state index contributed by atoms with van der Waals surface area (Å²) in [5, 5.41) is 3.53. The maximum Gasteiger partial charge on any atom is 0.222 e. The lowest BCUT2D eigenvalue weighted by atomic mass is 10.1. The van der Waals surface area contributed by atoms with E-state index >= 15 is 0 Å². The molecule has 0 aliphatic carbocycles. The van der Waals surface area contributed by atoms with Crippen LogP contribution in [-0.2, 0) is 24.4 Å². The number of nitrogens with one attached hydrogen (secondary N) is 1. The van der Waals surface area contributed by atoms with Gasteiger partial charge in [-0.15, -0.1) is 11.3 Å². The maximum absolute atomic E-state index is 11.7. The van der Waals surface area contributed by atoms with Gasteiger partial charge in [-0.25, -0.2) is 0 Å². The molecule has 0 unspecified atom stereocenters. The van der Waals surface area contributed by atoms with Gasteiger partial charge in [0.05, 0.1) is 0 Å². The van der Waals surface area contributed by atoms with Crippen molar-refractivity contribution in [2.45, 2.75) is 32.5 Å². The quantitative estimate of drug-likeness (QED) is 0.504. The SMILES string of the molecule is O=C1CCCN1Cc1ccc(CNCc2ccc(-c3ccc(Br)cc3)s2)cc1. The van der Waals surface area contributed by atoms with Gasteiger partial charge in [0.25, 0.3) is 0 Å². The van der Waals surface area contributed by atoms with Crippen molar-refractivity contribution in [3.05, 3.63) is 81.1 Å². The number of carbonyl (C=O) groups is 1. The first-order chi connectivity index (χ1) is 13.7. The van der Waals surface area contributed by atoms with Crippen LogP contribution >= 0.6 is 27.3 Å². The molecule has 0 spiro atoms. The highest BCUT2D eigenvalue weighted by atomic mass is 79.9. The second kappa shape index (κ2) is 9.03. The molecule has 1 saturated heterocycles. The first-order valence-electron chi connectivity index (χ1n) is 9.58. The number of amides is 1. The normalized spacial score (nSPS) is 14.0. The van der Waals surface area contributed by atoms with Crippen LogP contribution in [0.4, 0.5) is 0 Å². The van der Waals surface area contributed by atoms with Crippen LogP contribution in [0.25, 0.3) is 10.4 Å². The van der Waals surface area contributed by atoms with E-state index in [2.05, 4.69) is 81.9 Å². The van der Waals surface area contributed by atoms with Gasteiger partial charge in [0, 0.05) is 46.8 Å². The topological polar surface area (TPSA) is 32.3 Å². The summed E-state index contributed by atoms with van der Waals surface area (Å²) in [6.07, 6.45) is 1.70. The molecule has 28 heavy (non-hydrogen) atoms. The fourth-order valence-corrected chi connectivity index (χ4v) is 4.67. The molecule has 1 fully saturated rings. The lowest BCUT2D eigenvalue weighted by Crippen LogP contribution is -2.23. The van der Waals surface area contributed by atoms with Gasteiger partial charge in [-0.3, -0.25) is 4.79 Å². The molecule has 0 radical (unpaired) electrons. The summed E-state index contributed by atoms with van der Waals surface area (Å²) in [4.78, 5) is 16.3. The van der Waals surface area contributed by atoms with Gasteiger partial charge in [-0.2, -0.15) is 0 Å². The number of likely N-dealkylation sites (tertiary alicyclic amines) is 1. The van der Waals surface area contributed by atoms with Crippen LogP contribution in [0, 0.1) is 0 Å². The van der Waals surface area contributed by atoms with Crippen molar-refractivity contribution >= 4 is 33.2 Å². The summed E-state index contributed by atoms with van der Waals surface area (Å²) in [6, 6.07) is 21.4. The van der Waals surface area contributed by atoms with Crippen molar-refractivity contribution in [2.24, 2.45) is 0 Å². The Balaban J connectivity index is 1.27. The number of benzene rings is 2. The first-order valence-corrected chi connectivity index (χ1v) is 11.2. The molecule has 1 aliphatic heterocycles. The number of rotatable bonds is 7. The molecule has 2 aromatic carbocycles. The molecule has 0 bridgehead atoms. The second-order valence-corrected chi connectivity index (χ2v) is 9.20. The van der Waals surface area contributed by atoms with Gasteiger partial charge in [-0.1, -0.05) is 52.3 Å². The van der Waals surface area contributed by atoms with Crippen molar-refractivity contribution in [2.75, 3.05) is 6.54 Å². The number of halogens is 1. The van der Waals surface area contributed by atoms with E-state index in [4.69, 9.17) is 0 Å². The minimum Gasteiger partial charge on any atom is -0.338 e. The molecule has 1 aromatic heterocycles. The summed E-state index contributed by atoms with van der Waals surface area (Å²) in [5.41, 5.74) is 3.73. The Hall–Kier alpha value is -1.95. The number of hydrogen-bond acceptors (Lipinski definition) is 3. The fraction of sp³-hybridized carbons (Fsp3) is 0.261. The summed E-state index contributed by atoms with van der Waals surface area (Å²) in [6.45, 7) is 3.34. The molecule has 1 N–H and O–H groups in total. The van der Waals surface area contributed by atoms with E-state index in [-0.39, 0.29) is 5.91 Å². The van der Waals surface area contributed by atoms with E-state index in [1.165, 1.54) is 26.4 Å². The van der Waals surface area contributed by atoms with Gasteiger partial charge >= 0.3 is 0 Å². The van der Waals surface area contributed by atoms with Gasteiger partial charge in [-0.05, 0) is 47.4 Å². The van der Waals surface area contributed by atoms with Crippen LogP contribution in [0.1, 0.15) is 28.8 Å². The lowest BCUT2D eigenvalue weighted by Gasteiger charge is -2.15. The predicted molar refractivity (Wildman–Crippen MR) is 119 cm³/mol. The van der Waals surface area contributed by atoms with E-state index in [9.17, 15) is 4.79 Å². The first kappa shape index (κ1) is 19.4. The number of nitrogens with zero attached hydrogens (tertiary/aromatic N) is 1. The van der Waals surface area contributed by atoms with Gasteiger partial charge in [0.15, 0.2) is 0 Å². The zero-order chi connectivity index (χ0) is 19.3. The molecule has 0 saturated carbocycles. The molecule has 0 atom stereocenters. The van der Waals surface area contributed by atoms with Crippen molar-refractivity contribution in [1.29, 1.82) is 0 Å². The van der Waals surface area contributed by atoms with E-state index < -0.39 is 0 Å². The molecule has 1 aliphatic rings. The molecule has 2 heterocycles. The monoisotopic (exact) mass is 454 g/mol. The Bertz CT molecular complexity index is 934. The fourth-order valence-electron chi connectivity index (χ4n) is 3.43. The Morgan fingerprint density at radius 2 is 1.68 bits per heavy atom. The Labute approximate surface area is 178 Å². The smallest absolute Gasteiger partial charge is 0.222 e. The molecule has 5 heteroatoms. The van der Waals surface area contributed by atoms with Crippen LogP contribution in [0.2, 0.25) is 0 Å². The van der Waals surface area contributed by atoms with Crippen LogP contribution in [-0.4, -0.2) is 17.4 Å². The van der Waals surface area contributed by atoms with Crippen LogP contribution in [0.5, 0.6) is 0 Å². The average molecular weight is 455 g/mol. The van der Waals surface area contributed by atoms with Crippen LogP contribution < -0.4 is 5.32 Å². The zero-order valence-corrected chi connectivity index (χ0v) is 18.1. The molecule has 4 rings (SSSR count). The zero-order valence-electron chi connectivity index (χ0n) is 15.7. The lowest BCUT2D eigenvalue weighted by molar-refractivity contribution is -0.128. The van der Waals surface area contributed by atoms with E-state index in [1.54, 1.807) is 0 Å². The third kappa shape index (κ3) is 4.90. The van der Waals surface area contributed by atoms with Crippen molar-refractivity contribution in [3.63, 3.8) is 0 Å².